The number of nitrogens with zero attached hydrogens (tertiary/aromatic N) is 2. The molecule has 3 aromatic carbocycles. The summed E-state index contributed by atoms with van der Waals surface area (Å²) in [5.41, 5.74) is 6.18. The highest BCUT2D eigenvalue weighted by Gasteiger charge is 2.16. The molecule has 1 aliphatic heterocycles. The van der Waals surface area contributed by atoms with Crippen LogP contribution in [-0.2, 0) is 0 Å². The third-order valence-electron chi connectivity index (χ3n) is 4.01. The van der Waals surface area contributed by atoms with Gasteiger partial charge in [-0.25, -0.2) is 0 Å². The largest absolute Gasteiger partial charge is 0.250 e. The van der Waals surface area contributed by atoms with Crippen molar-refractivity contribution in [3.05, 3.63) is 94.5 Å². The molecule has 3 aromatic rings. The summed E-state index contributed by atoms with van der Waals surface area (Å²) in [7, 11) is 0. The summed E-state index contributed by atoms with van der Waals surface area (Å²) in [6.45, 7) is 0. The Morgan fingerprint density at radius 2 is 1.08 bits per heavy atom. The van der Waals surface area contributed by atoms with Crippen molar-refractivity contribution in [3.63, 3.8) is 0 Å². The minimum Gasteiger partial charge on any atom is -0.250 e. The summed E-state index contributed by atoms with van der Waals surface area (Å²) in [5, 5.41) is 0. The zero-order chi connectivity index (χ0) is 16.4. The van der Waals surface area contributed by atoms with Crippen molar-refractivity contribution in [2.75, 3.05) is 0 Å². The topological polar surface area (TPSA) is 24.7 Å². The van der Waals surface area contributed by atoms with Crippen LogP contribution in [0.4, 0.5) is 11.4 Å². The van der Waals surface area contributed by atoms with E-state index in [2.05, 4.69) is 40.2 Å². The Balaban J connectivity index is 1.86. The second-order valence-corrected chi connectivity index (χ2v) is 6.57. The first-order valence-electron chi connectivity index (χ1n) is 7.85. The van der Waals surface area contributed by atoms with Crippen LogP contribution < -0.4 is 0 Å². The van der Waals surface area contributed by atoms with Crippen LogP contribution in [0.25, 0.3) is 0 Å². The summed E-state index contributed by atoms with van der Waals surface area (Å²) in [6.07, 6.45) is 0.709. The molecule has 0 aromatic heterocycles. The number of fused-ring (bicyclic) bond motifs is 1. The maximum Gasteiger partial charge on any atom is 0.0889 e. The normalized spacial score (nSPS) is 13.5. The Hall–Kier alpha value is -2.52. The molecule has 0 N–H and O–H groups in total. The number of hydrogen-bond acceptors (Lipinski definition) is 2. The van der Waals surface area contributed by atoms with Gasteiger partial charge in [-0.05, 0) is 35.4 Å². The molecule has 4 rings (SSSR count). The predicted octanol–water partition coefficient (Wildman–Crippen LogP) is 6.09. The van der Waals surface area contributed by atoms with Crippen LogP contribution >= 0.6 is 15.9 Å². The van der Waals surface area contributed by atoms with Crippen LogP contribution in [0.5, 0.6) is 0 Å². The van der Waals surface area contributed by atoms with Crippen molar-refractivity contribution in [1.82, 2.24) is 0 Å². The first-order valence-corrected chi connectivity index (χ1v) is 8.64. The molecule has 1 aliphatic rings. The zero-order valence-corrected chi connectivity index (χ0v) is 14.6. The van der Waals surface area contributed by atoms with E-state index in [0.29, 0.717) is 6.42 Å². The maximum absolute atomic E-state index is 4.90. The first-order chi connectivity index (χ1) is 11.8. The van der Waals surface area contributed by atoms with E-state index < -0.39 is 0 Å². The highest BCUT2D eigenvalue weighted by Crippen LogP contribution is 2.32. The number of halogens is 1. The van der Waals surface area contributed by atoms with E-state index >= 15 is 0 Å². The van der Waals surface area contributed by atoms with E-state index in [0.717, 1.165) is 38.4 Å². The van der Waals surface area contributed by atoms with Gasteiger partial charge in [0, 0.05) is 10.9 Å². The third kappa shape index (κ3) is 3.08. The van der Waals surface area contributed by atoms with Gasteiger partial charge in [-0.3, -0.25) is 9.98 Å². The Kier molecular flexibility index (Phi) is 4.09. The monoisotopic (exact) mass is 374 g/mol. The van der Waals surface area contributed by atoms with Crippen molar-refractivity contribution >= 4 is 38.7 Å². The maximum atomic E-state index is 4.90. The second kappa shape index (κ2) is 6.54. The van der Waals surface area contributed by atoms with Gasteiger partial charge in [0.2, 0.25) is 0 Å². The SMILES string of the molecule is Brc1ccc(C2=Nc3ccccc3N=C(c3ccccc3)C2)cc1. The summed E-state index contributed by atoms with van der Waals surface area (Å²) in [4.78, 5) is 9.80. The van der Waals surface area contributed by atoms with Gasteiger partial charge in [0.05, 0.1) is 22.8 Å². The van der Waals surface area contributed by atoms with Crippen molar-refractivity contribution in [2.24, 2.45) is 9.98 Å². The van der Waals surface area contributed by atoms with Crippen LogP contribution in [0.1, 0.15) is 17.5 Å². The molecule has 0 fully saturated rings. The van der Waals surface area contributed by atoms with Crippen molar-refractivity contribution < 1.29 is 0 Å². The van der Waals surface area contributed by atoms with Crippen molar-refractivity contribution in [2.45, 2.75) is 6.42 Å². The molecule has 0 amide bonds. The van der Waals surface area contributed by atoms with E-state index in [9.17, 15) is 0 Å². The minimum atomic E-state index is 0.709. The molecule has 1 heterocycles. The highest BCUT2D eigenvalue weighted by molar-refractivity contribution is 9.10. The van der Waals surface area contributed by atoms with Crippen LogP contribution in [0.15, 0.2) is 93.3 Å². The predicted molar refractivity (Wildman–Crippen MR) is 104 cm³/mol. The molecule has 0 atom stereocenters. The number of hydrogen-bond donors (Lipinski definition) is 0. The van der Waals surface area contributed by atoms with Crippen LogP contribution in [0, 0.1) is 0 Å². The molecule has 0 saturated carbocycles. The smallest absolute Gasteiger partial charge is 0.0889 e. The second-order valence-electron chi connectivity index (χ2n) is 5.66. The van der Waals surface area contributed by atoms with E-state index in [1.165, 1.54) is 0 Å². The highest BCUT2D eigenvalue weighted by atomic mass is 79.9. The average Bonchev–Trinajstić information content (AvgIpc) is 2.83. The quantitative estimate of drug-likeness (QED) is 0.518. The summed E-state index contributed by atoms with van der Waals surface area (Å²) >= 11 is 3.50. The lowest BCUT2D eigenvalue weighted by atomic mass is 10.00. The molecule has 0 saturated heterocycles. The minimum absolute atomic E-state index is 0.709. The van der Waals surface area contributed by atoms with E-state index in [1.54, 1.807) is 0 Å². The Morgan fingerprint density at radius 1 is 0.583 bits per heavy atom. The lowest BCUT2D eigenvalue weighted by Crippen LogP contribution is -2.09. The molecule has 116 valence electrons. The summed E-state index contributed by atoms with van der Waals surface area (Å²) in [6, 6.07) is 26.7. The number of aliphatic imine (C=N–C) groups is 2. The Labute approximate surface area is 149 Å². The molecular weight excluding hydrogens is 360 g/mol. The van der Waals surface area contributed by atoms with Gasteiger partial charge < -0.3 is 0 Å². The van der Waals surface area contributed by atoms with Gasteiger partial charge in [0.15, 0.2) is 0 Å². The first kappa shape index (κ1) is 15.0. The number of para-hydroxylation sites is 2. The fraction of sp³-hybridized carbons (Fsp3) is 0.0476. The standard InChI is InChI=1S/C21H15BrN2/c22-17-12-10-16(11-13-17)21-14-20(15-6-2-1-3-7-15)23-18-8-4-5-9-19(18)24-21/h1-13H,14H2. The van der Waals surface area contributed by atoms with Gasteiger partial charge in [0.1, 0.15) is 0 Å². The summed E-state index contributed by atoms with van der Waals surface area (Å²) in [5.74, 6) is 0. The van der Waals surface area contributed by atoms with Gasteiger partial charge >= 0.3 is 0 Å². The molecule has 0 aliphatic carbocycles. The van der Waals surface area contributed by atoms with Crippen molar-refractivity contribution in [3.8, 4) is 0 Å². The van der Waals surface area contributed by atoms with Gasteiger partial charge in [-0.15, -0.1) is 0 Å². The Bertz CT molecular complexity index is 926. The van der Waals surface area contributed by atoms with Crippen LogP contribution in [0.2, 0.25) is 0 Å². The number of benzene rings is 3. The van der Waals surface area contributed by atoms with Crippen LogP contribution in [0.3, 0.4) is 0 Å². The van der Waals surface area contributed by atoms with Crippen LogP contribution in [-0.4, -0.2) is 11.4 Å². The molecular formula is C21H15BrN2. The fourth-order valence-corrected chi connectivity index (χ4v) is 3.05. The lowest BCUT2D eigenvalue weighted by molar-refractivity contribution is 1.44. The van der Waals surface area contributed by atoms with E-state index in [4.69, 9.17) is 9.98 Å². The number of rotatable bonds is 2. The third-order valence-corrected chi connectivity index (χ3v) is 4.54. The molecule has 0 bridgehead atoms. The molecule has 0 radical (unpaired) electrons. The summed E-state index contributed by atoms with van der Waals surface area (Å²) < 4.78 is 1.07. The molecule has 3 heteroatoms. The fourth-order valence-electron chi connectivity index (χ4n) is 2.79. The van der Waals surface area contributed by atoms with E-state index in [1.807, 2.05) is 54.6 Å². The van der Waals surface area contributed by atoms with E-state index in [-0.39, 0.29) is 0 Å². The molecule has 0 spiro atoms. The van der Waals surface area contributed by atoms with Gasteiger partial charge in [0.25, 0.3) is 0 Å². The molecule has 24 heavy (non-hydrogen) atoms. The van der Waals surface area contributed by atoms with Gasteiger partial charge in [-0.2, -0.15) is 0 Å². The zero-order valence-electron chi connectivity index (χ0n) is 13.0. The molecule has 0 unspecified atom stereocenters. The Morgan fingerprint density at radius 3 is 1.67 bits per heavy atom. The molecule has 2 nitrogen and oxygen atoms in total. The lowest BCUT2D eigenvalue weighted by Gasteiger charge is -2.08. The average molecular weight is 375 g/mol. The van der Waals surface area contributed by atoms with Gasteiger partial charge in [-0.1, -0.05) is 70.5 Å². The van der Waals surface area contributed by atoms with Crippen molar-refractivity contribution in [1.29, 1.82) is 0 Å².